The van der Waals surface area contributed by atoms with E-state index in [4.69, 9.17) is 0 Å². The summed E-state index contributed by atoms with van der Waals surface area (Å²) < 4.78 is 2.53. The smallest absolute Gasteiger partial charge is 0.252 e. The number of allylic oxidation sites excluding steroid dienone is 4. The highest BCUT2D eigenvalue weighted by molar-refractivity contribution is 6.11. The highest BCUT2D eigenvalue weighted by Crippen LogP contribution is 2.37. The molecule has 0 radical (unpaired) electrons. The van der Waals surface area contributed by atoms with E-state index in [-0.39, 0.29) is 11.9 Å². The Hall–Kier alpha value is -3.05. The standard InChI is InChI=1S/C26H26N4O/c31-26-23-18(15-27-26)21-17-8-2-4-10-20(17)30(14-13-29-11-5-6-12-29)25(21)24-22(23)16-7-1-3-9-19(16)28-24/h1-4,7,9-10,19,28H,5-6,8,11-15H2,(H,27,31). The number of hydrogen-bond acceptors (Lipinski definition) is 3. The van der Waals surface area contributed by atoms with Gasteiger partial charge in [-0.3, -0.25) is 4.79 Å². The van der Waals surface area contributed by atoms with Crippen LogP contribution in [0.2, 0.25) is 0 Å². The van der Waals surface area contributed by atoms with Crippen LogP contribution in [0.4, 0.5) is 5.69 Å². The van der Waals surface area contributed by atoms with Crippen LogP contribution in [0.5, 0.6) is 0 Å². The second kappa shape index (κ2) is 6.47. The van der Waals surface area contributed by atoms with Crippen molar-refractivity contribution in [2.45, 2.75) is 38.4 Å². The molecule has 2 aromatic rings. The summed E-state index contributed by atoms with van der Waals surface area (Å²) in [5, 5.41) is 10.6. The minimum atomic E-state index is 0.0694. The molecule has 1 saturated heterocycles. The van der Waals surface area contributed by atoms with Gasteiger partial charge in [0.15, 0.2) is 0 Å². The lowest BCUT2D eigenvalue weighted by molar-refractivity contribution is 0.0965. The van der Waals surface area contributed by atoms with Gasteiger partial charge in [0.1, 0.15) is 0 Å². The maximum Gasteiger partial charge on any atom is 0.252 e. The molecule has 1 fully saturated rings. The summed E-state index contributed by atoms with van der Waals surface area (Å²) in [6.07, 6.45) is 18.8. The van der Waals surface area contributed by atoms with Crippen molar-refractivity contribution in [3.05, 3.63) is 63.7 Å². The number of amides is 1. The Morgan fingerprint density at radius 3 is 2.87 bits per heavy atom. The van der Waals surface area contributed by atoms with E-state index in [1.165, 1.54) is 58.9 Å². The topological polar surface area (TPSA) is 49.3 Å². The highest BCUT2D eigenvalue weighted by atomic mass is 16.1. The Bertz CT molecular complexity index is 1360. The van der Waals surface area contributed by atoms with Crippen molar-refractivity contribution in [2.24, 2.45) is 0 Å². The van der Waals surface area contributed by atoms with Crippen LogP contribution in [-0.2, 0) is 19.5 Å². The number of likely N-dealkylation sites (tertiary alicyclic amines) is 1. The summed E-state index contributed by atoms with van der Waals surface area (Å²) in [7, 11) is 0. The minimum absolute atomic E-state index is 0.0694. The molecule has 1 unspecified atom stereocenters. The zero-order chi connectivity index (χ0) is 20.5. The molecule has 5 heteroatoms. The maximum atomic E-state index is 13.0. The summed E-state index contributed by atoms with van der Waals surface area (Å²) in [6.45, 7) is 5.12. The van der Waals surface area contributed by atoms with Crippen molar-refractivity contribution < 1.29 is 4.79 Å². The lowest BCUT2D eigenvalue weighted by Crippen LogP contribution is -2.29. The van der Waals surface area contributed by atoms with E-state index in [9.17, 15) is 4.79 Å². The van der Waals surface area contributed by atoms with Crippen LogP contribution in [0.15, 0.2) is 36.5 Å². The molecular formula is C26H26N4O. The van der Waals surface area contributed by atoms with Crippen LogP contribution in [0.3, 0.4) is 0 Å². The van der Waals surface area contributed by atoms with E-state index in [1.54, 1.807) is 0 Å². The predicted octanol–water partition coefficient (Wildman–Crippen LogP) is 1.94. The zero-order valence-corrected chi connectivity index (χ0v) is 17.6. The van der Waals surface area contributed by atoms with Crippen LogP contribution in [0.1, 0.15) is 34.3 Å². The second-order valence-electron chi connectivity index (χ2n) is 9.19. The lowest BCUT2D eigenvalue weighted by Gasteiger charge is -2.18. The number of benzene rings is 1. The van der Waals surface area contributed by atoms with Crippen molar-refractivity contribution in [2.75, 3.05) is 25.0 Å². The van der Waals surface area contributed by atoms with Gasteiger partial charge >= 0.3 is 0 Å². The molecule has 31 heavy (non-hydrogen) atoms. The van der Waals surface area contributed by atoms with Crippen LogP contribution < -0.4 is 21.2 Å². The molecule has 5 nitrogen and oxygen atoms in total. The number of nitrogens with zero attached hydrogens (tertiary/aromatic N) is 2. The first-order valence-electron chi connectivity index (χ1n) is 11.5. The molecule has 3 aliphatic heterocycles. The van der Waals surface area contributed by atoms with Crippen LogP contribution >= 0.6 is 0 Å². The zero-order valence-electron chi connectivity index (χ0n) is 17.6. The van der Waals surface area contributed by atoms with E-state index >= 15 is 0 Å². The number of fused-ring (bicyclic) bond motifs is 9. The monoisotopic (exact) mass is 410 g/mol. The summed E-state index contributed by atoms with van der Waals surface area (Å²) in [6, 6.07) is 0.143. The number of nitrogens with one attached hydrogen (secondary N) is 2. The number of carbonyl (C=O) groups excluding carboxylic acids is 1. The summed E-state index contributed by atoms with van der Waals surface area (Å²) in [4.78, 5) is 15.6. The van der Waals surface area contributed by atoms with Crippen LogP contribution in [-0.4, -0.2) is 41.1 Å². The van der Waals surface area contributed by atoms with Crippen molar-refractivity contribution in [1.82, 2.24) is 14.8 Å². The Morgan fingerprint density at radius 2 is 1.97 bits per heavy atom. The fourth-order valence-electron chi connectivity index (χ4n) is 6.19. The molecule has 7 rings (SSSR count). The van der Waals surface area contributed by atoms with Gasteiger partial charge in [-0.25, -0.2) is 0 Å². The fraction of sp³-hybridized carbons (Fsp3) is 0.346. The van der Waals surface area contributed by atoms with Gasteiger partial charge in [-0.1, -0.05) is 36.5 Å². The summed E-state index contributed by atoms with van der Waals surface area (Å²) >= 11 is 0. The van der Waals surface area contributed by atoms with Crippen molar-refractivity contribution in [1.29, 1.82) is 0 Å². The molecule has 1 atom stereocenters. The predicted molar refractivity (Wildman–Crippen MR) is 124 cm³/mol. The highest BCUT2D eigenvalue weighted by Gasteiger charge is 2.35. The molecule has 0 saturated carbocycles. The third-order valence-electron chi connectivity index (χ3n) is 7.57. The van der Waals surface area contributed by atoms with Gasteiger partial charge in [0.25, 0.3) is 5.91 Å². The molecule has 0 bridgehead atoms. The molecular weight excluding hydrogens is 384 g/mol. The Kier molecular flexibility index (Phi) is 3.68. The van der Waals surface area contributed by atoms with Crippen molar-refractivity contribution in [3.63, 3.8) is 0 Å². The average Bonchev–Trinajstić information content (AvgIpc) is 3.56. The molecule has 2 N–H and O–H groups in total. The first-order valence-corrected chi connectivity index (χ1v) is 11.5. The molecule has 0 spiro atoms. The lowest BCUT2D eigenvalue weighted by atomic mass is 9.94. The molecule has 1 amide bonds. The molecule has 156 valence electrons. The van der Waals surface area contributed by atoms with Gasteiger partial charge < -0.3 is 20.1 Å². The largest absolute Gasteiger partial charge is 0.372 e. The van der Waals surface area contributed by atoms with E-state index in [2.05, 4.69) is 62.6 Å². The molecule has 5 aliphatic rings. The van der Waals surface area contributed by atoms with Gasteiger partial charge in [-0.15, -0.1) is 0 Å². The Morgan fingerprint density at radius 1 is 1.06 bits per heavy atom. The van der Waals surface area contributed by atoms with Crippen LogP contribution in [0, 0.1) is 0 Å². The third-order valence-corrected chi connectivity index (χ3v) is 7.57. The van der Waals surface area contributed by atoms with Gasteiger partial charge in [-0.2, -0.15) is 0 Å². The summed E-state index contributed by atoms with van der Waals surface area (Å²) in [5.41, 5.74) is 7.12. The van der Waals surface area contributed by atoms with Crippen LogP contribution in [0.25, 0.3) is 22.6 Å². The fourth-order valence-corrected chi connectivity index (χ4v) is 6.19. The molecule has 2 aliphatic carbocycles. The number of aromatic nitrogens is 1. The summed E-state index contributed by atoms with van der Waals surface area (Å²) in [5.74, 6) is 0.0694. The number of carbonyl (C=O) groups is 1. The number of hydrogen-bond donors (Lipinski definition) is 2. The van der Waals surface area contributed by atoms with Gasteiger partial charge in [0.05, 0.1) is 22.8 Å². The number of anilines is 1. The molecule has 4 heterocycles. The van der Waals surface area contributed by atoms with E-state index in [0.29, 0.717) is 6.54 Å². The van der Waals surface area contributed by atoms with Crippen molar-refractivity contribution in [3.8, 4) is 0 Å². The second-order valence-corrected chi connectivity index (χ2v) is 9.19. The van der Waals surface area contributed by atoms with Gasteiger partial charge in [0.2, 0.25) is 0 Å². The van der Waals surface area contributed by atoms with Gasteiger partial charge in [-0.05, 0) is 55.1 Å². The SMILES string of the molecule is O=C1NCc2c1c1c(c3c2c2c(n3CCN3CCCC3)=CC=CC2)NC2C=CC=CC=12. The Balaban J connectivity index is 1.55. The normalized spacial score (nSPS) is 22.9. The molecule has 1 aromatic carbocycles. The van der Waals surface area contributed by atoms with Crippen molar-refractivity contribution >= 4 is 34.1 Å². The maximum absolute atomic E-state index is 13.0. The van der Waals surface area contributed by atoms with Gasteiger partial charge in [0, 0.05) is 35.6 Å². The average molecular weight is 411 g/mol. The number of rotatable bonds is 3. The minimum Gasteiger partial charge on any atom is -0.372 e. The first kappa shape index (κ1) is 17.6. The Labute approximate surface area is 181 Å². The van der Waals surface area contributed by atoms with E-state index in [1.807, 2.05) is 0 Å². The van der Waals surface area contributed by atoms with E-state index in [0.717, 1.165) is 36.0 Å². The first-order chi connectivity index (χ1) is 15.3. The third kappa shape index (κ3) is 2.38. The quantitative estimate of drug-likeness (QED) is 0.813. The molecule has 1 aromatic heterocycles. The van der Waals surface area contributed by atoms with E-state index < -0.39 is 0 Å².